The molecule has 1 aliphatic rings. The Morgan fingerprint density at radius 2 is 2.03 bits per heavy atom. The zero-order valence-electron chi connectivity index (χ0n) is 16.7. The molecular formula is C19H18F3N5O4S. The number of anilines is 1. The van der Waals surface area contributed by atoms with Crippen molar-refractivity contribution < 1.29 is 26.3 Å². The molecule has 32 heavy (non-hydrogen) atoms. The number of hydrogen-bond donors (Lipinski definition) is 1. The van der Waals surface area contributed by atoms with E-state index in [2.05, 4.69) is 14.7 Å². The summed E-state index contributed by atoms with van der Waals surface area (Å²) in [6.07, 6.45) is -2.81. The number of benzene rings is 1. The van der Waals surface area contributed by atoms with Crippen molar-refractivity contribution in [3.63, 3.8) is 0 Å². The van der Waals surface area contributed by atoms with Crippen LogP contribution in [0.1, 0.15) is 18.4 Å². The lowest BCUT2D eigenvalue weighted by atomic mass is 10.2. The maximum Gasteiger partial charge on any atom is 0.302 e. The average molecular weight is 469 g/mol. The predicted molar refractivity (Wildman–Crippen MR) is 110 cm³/mol. The van der Waals surface area contributed by atoms with E-state index in [0.717, 1.165) is 16.4 Å². The van der Waals surface area contributed by atoms with Crippen LogP contribution in [0.25, 0.3) is 10.9 Å². The summed E-state index contributed by atoms with van der Waals surface area (Å²) in [6.45, 7) is -0.359. The van der Waals surface area contributed by atoms with Gasteiger partial charge in [-0.15, -0.1) is 0 Å². The predicted octanol–water partition coefficient (Wildman–Crippen LogP) is 2.76. The van der Waals surface area contributed by atoms with Gasteiger partial charge in [-0.25, -0.2) is 18.2 Å². The molecule has 4 rings (SSSR count). The van der Waals surface area contributed by atoms with Gasteiger partial charge >= 0.3 is 10.2 Å². The van der Waals surface area contributed by atoms with Crippen LogP contribution in [0.2, 0.25) is 0 Å². The number of nitrogens with one attached hydrogen (secondary N) is 1. The molecule has 0 aliphatic carbocycles. The highest BCUT2D eigenvalue weighted by Crippen LogP contribution is 2.29. The first-order valence-electron chi connectivity index (χ1n) is 9.48. The van der Waals surface area contributed by atoms with Gasteiger partial charge in [0, 0.05) is 31.8 Å². The summed E-state index contributed by atoms with van der Waals surface area (Å²) in [5, 5.41) is 0.244. The monoisotopic (exact) mass is 469 g/mol. The van der Waals surface area contributed by atoms with Gasteiger partial charge in [0.15, 0.2) is 0 Å². The van der Waals surface area contributed by atoms with Crippen molar-refractivity contribution in [2.75, 3.05) is 17.8 Å². The lowest BCUT2D eigenvalue weighted by Gasteiger charge is -2.17. The number of halogens is 3. The number of aryl methyl sites for hydroxylation is 1. The molecule has 3 aromatic rings. The van der Waals surface area contributed by atoms with E-state index in [1.165, 1.54) is 36.1 Å². The summed E-state index contributed by atoms with van der Waals surface area (Å²) in [5.74, 6) is -0.598. The van der Waals surface area contributed by atoms with Gasteiger partial charge in [-0.05, 0) is 30.7 Å². The molecule has 0 saturated carbocycles. The summed E-state index contributed by atoms with van der Waals surface area (Å²) >= 11 is 0. The number of nitrogens with zero attached hydrogens (tertiary/aromatic N) is 4. The van der Waals surface area contributed by atoms with E-state index in [4.69, 9.17) is 4.74 Å². The van der Waals surface area contributed by atoms with Gasteiger partial charge in [0.05, 0.1) is 17.2 Å². The molecule has 9 nitrogen and oxygen atoms in total. The fourth-order valence-corrected chi connectivity index (χ4v) is 4.43. The van der Waals surface area contributed by atoms with Crippen LogP contribution in [0.5, 0.6) is 11.6 Å². The van der Waals surface area contributed by atoms with Gasteiger partial charge in [0.2, 0.25) is 5.88 Å². The van der Waals surface area contributed by atoms with Crippen molar-refractivity contribution in [3.8, 4) is 11.6 Å². The van der Waals surface area contributed by atoms with E-state index in [-0.39, 0.29) is 42.1 Å². The Labute approximate surface area is 180 Å². The van der Waals surface area contributed by atoms with E-state index < -0.39 is 34.2 Å². The van der Waals surface area contributed by atoms with Gasteiger partial charge in [-0.1, -0.05) is 0 Å². The fourth-order valence-electron chi connectivity index (χ4n) is 3.23. The lowest BCUT2D eigenvalue weighted by Crippen LogP contribution is -2.34. The molecular weight excluding hydrogens is 451 g/mol. The summed E-state index contributed by atoms with van der Waals surface area (Å²) in [6, 6.07) is 6.21. The normalized spacial score (nSPS) is 17.2. The van der Waals surface area contributed by atoms with Crippen molar-refractivity contribution in [2.24, 2.45) is 7.05 Å². The lowest BCUT2D eigenvalue weighted by molar-refractivity contribution is 0.151. The molecule has 0 spiro atoms. The summed E-state index contributed by atoms with van der Waals surface area (Å²) in [7, 11) is -2.66. The smallest absolute Gasteiger partial charge is 0.302 e. The minimum absolute atomic E-state index is 0.0333. The molecule has 0 bridgehead atoms. The summed E-state index contributed by atoms with van der Waals surface area (Å²) in [5.41, 5.74) is -0.448. The number of alkyl halides is 3. The van der Waals surface area contributed by atoms with Crippen molar-refractivity contribution in [1.29, 1.82) is 0 Å². The van der Waals surface area contributed by atoms with Crippen LogP contribution >= 0.6 is 0 Å². The zero-order chi connectivity index (χ0) is 23.0. The van der Waals surface area contributed by atoms with Crippen LogP contribution in [-0.4, -0.2) is 46.5 Å². The quantitative estimate of drug-likeness (QED) is 0.595. The zero-order valence-corrected chi connectivity index (χ0v) is 17.5. The molecule has 1 aliphatic heterocycles. The van der Waals surface area contributed by atoms with Gasteiger partial charge in [0.1, 0.15) is 17.7 Å². The van der Waals surface area contributed by atoms with E-state index in [1.54, 1.807) is 0 Å². The standard InChI is InChI=1S/C19H18F3N5O4S/c1-26-10-23-15-3-2-13(8-14(15)19(26)28)31-17-7-11(18(21)22)6-16(24-17)25-32(29,30)27-5-4-12(20)9-27/h2-3,6-8,10,12,18H,4-5,9H2,1H3,(H,24,25)/t12-/m1/s1. The summed E-state index contributed by atoms with van der Waals surface area (Å²) in [4.78, 5) is 20.3. The highest BCUT2D eigenvalue weighted by molar-refractivity contribution is 7.90. The van der Waals surface area contributed by atoms with E-state index >= 15 is 0 Å². The molecule has 0 radical (unpaired) electrons. The molecule has 0 unspecified atom stereocenters. The Morgan fingerprint density at radius 1 is 1.25 bits per heavy atom. The van der Waals surface area contributed by atoms with Crippen molar-refractivity contribution in [1.82, 2.24) is 18.8 Å². The first-order chi connectivity index (χ1) is 15.1. The Morgan fingerprint density at radius 3 is 2.72 bits per heavy atom. The number of pyridine rings is 1. The minimum atomic E-state index is -4.19. The van der Waals surface area contributed by atoms with Crippen LogP contribution in [0, 0.1) is 0 Å². The van der Waals surface area contributed by atoms with Crippen LogP contribution in [0.15, 0.2) is 41.5 Å². The molecule has 170 valence electrons. The second-order valence-corrected chi connectivity index (χ2v) is 8.89. The summed E-state index contributed by atoms with van der Waals surface area (Å²) < 4.78 is 74.8. The molecule has 1 aromatic carbocycles. The SMILES string of the molecule is Cn1cnc2ccc(Oc3cc(C(F)F)cc(NS(=O)(=O)N4CC[C@@H](F)C4)n3)cc2c1=O. The third-order valence-corrected chi connectivity index (χ3v) is 6.33. The molecule has 13 heteroatoms. The molecule has 1 fully saturated rings. The third kappa shape index (κ3) is 4.53. The number of hydrogen-bond acceptors (Lipinski definition) is 6. The molecule has 1 atom stereocenters. The Kier molecular flexibility index (Phi) is 5.77. The van der Waals surface area contributed by atoms with Gasteiger partial charge < -0.3 is 9.30 Å². The number of fused-ring (bicyclic) bond motifs is 1. The Balaban J connectivity index is 1.66. The van der Waals surface area contributed by atoms with Crippen molar-refractivity contribution in [2.45, 2.75) is 19.0 Å². The van der Waals surface area contributed by atoms with Crippen molar-refractivity contribution >= 4 is 26.9 Å². The fraction of sp³-hybridized carbons (Fsp3) is 0.316. The Hall–Kier alpha value is -3.19. The number of aromatic nitrogens is 3. The maximum absolute atomic E-state index is 13.4. The first-order valence-corrected chi connectivity index (χ1v) is 10.9. The number of ether oxygens (including phenoxy) is 1. The van der Waals surface area contributed by atoms with Gasteiger partial charge in [-0.3, -0.25) is 9.52 Å². The number of rotatable bonds is 6. The van der Waals surface area contributed by atoms with Crippen LogP contribution < -0.4 is 15.0 Å². The molecule has 1 N–H and O–H groups in total. The first kappa shape index (κ1) is 22.0. The van der Waals surface area contributed by atoms with Gasteiger partial charge in [0.25, 0.3) is 12.0 Å². The minimum Gasteiger partial charge on any atom is -0.439 e. The third-order valence-electron chi connectivity index (χ3n) is 4.85. The Bertz CT molecular complexity index is 1330. The van der Waals surface area contributed by atoms with Crippen LogP contribution in [0.3, 0.4) is 0 Å². The second-order valence-electron chi connectivity index (χ2n) is 7.22. The van der Waals surface area contributed by atoms with Crippen LogP contribution in [-0.2, 0) is 17.3 Å². The van der Waals surface area contributed by atoms with Crippen LogP contribution in [0.4, 0.5) is 19.0 Å². The molecule has 1 saturated heterocycles. The maximum atomic E-state index is 13.4. The largest absolute Gasteiger partial charge is 0.439 e. The highest BCUT2D eigenvalue weighted by Gasteiger charge is 2.32. The molecule has 0 amide bonds. The second kappa shape index (κ2) is 8.39. The van der Waals surface area contributed by atoms with E-state index in [9.17, 15) is 26.4 Å². The average Bonchev–Trinajstić information content (AvgIpc) is 3.18. The van der Waals surface area contributed by atoms with Gasteiger partial charge in [-0.2, -0.15) is 17.7 Å². The topological polar surface area (TPSA) is 106 Å². The van der Waals surface area contributed by atoms with E-state index in [0.29, 0.717) is 5.52 Å². The molecule has 3 heterocycles. The van der Waals surface area contributed by atoms with E-state index in [1.807, 2.05) is 0 Å². The highest BCUT2D eigenvalue weighted by atomic mass is 32.2. The molecule has 2 aromatic heterocycles. The van der Waals surface area contributed by atoms with Crippen molar-refractivity contribution in [3.05, 3.63) is 52.6 Å².